The highest BCUT2D eigenvalue weighted by Crippen LogP contribution is 2.44. The Kier molecular flexibility index (Phi) is 9.19. The summed E-state index contributed by atoms with van der Waals surface area (Å²) in [5, 5.41) is 11.6. The van der Waals surface area contributed by atoms with Gasteiger partial charge in [0, 0.05) is 87.3 Å². The SMILES string of the molecule is CC(=O)N1CCc2c(c(N3CCCc4cc(-c5cnn(C)c5)c(C(F)F)cc43)nn2C2CCN(C(=O)c3cccc4c3C(=O)N(C3CCC(=O)NC3=O)C4=O)CC2)C1. The molecule has 1 N–H and O–H groups in total. The number of rotatable bonds is 6. The number of halogens is 2. The summed E-state index contributed by atoms with van der Waals surface area (Å²) in [6.45, 7) is 3.59. The van der Waals surface area contributed by atoms with Crippen LogP contribution in [0.3, 0.4) is 0 Å². The quantitative estimate of drug-likeness (QED) is 0.284. The zero-order valence-electron chi connectivity index (χ0n) is 32.0. The maximum Gasteiger partial charge on any atom is 0.264 e. The highest BCUT2D eigenvalue weighted by molar-refractivity contribution is 6.26. The number of amides is 6. The predicted octanol–water partition coefficient (Wildman–Crippen LogP) is 4.09. The number of imide groups is 2. The zero-order valence-corrected chi connectivity index (χ0v) is 32.0. The number of aromatic nitrogens is 4. The summed E-state index contributed by atoms with van der Waals surface area (Å²) < 4.78 is 33.0. The molecule has 1 unspecified atom stereocenters. The van der Waals surface area contributed by atoms with E-state index in [1.807, 2.05) is 15.6 Å². The fourth-order valence-electron chi connectivity index (χ4n) is 9.25. The third-order valence-corrected chi connectivity index (χ3v) is 12.2. The van der Waals surface area contributed by atoms with Gasteiger partial charge < -0.3 is 14.7 Å². The van der Waals surface area contributed by atoms with Gasteiger partial charge in [0.2, 0.25) is 17.7 Å². The second-order valence-corrected chi connectivity index (χ2v) is 15.6. The number of hydrogen-bond donors (Lipinski definition) is 1. The van der Waals surface area contributed by atoms with Crippen LogP contribution < -0.4 is 10.2 Å². The number of carbonyl (C=O) groups is 6. The van der Waals surface area contributed by atoms with Crippen LogP contribution in [0.15, 0.2) is 42.7 Å². The number of piperidine rings is 2. The van der Waals surface area contributed by atoms with Gasteiger partial charge in [0.05, 0.1) is 35.5 Å². The number of benzene rings is 2. The van der Waals surface area contributed by atoms with Gasteiger partial charge >= 0.3 is 0 Å². The van der Waals surface area contributed by atoms with Gasteiger partial charge in [0.1, 0.15) is 6.04 Å². The molecule has 2 saturated heterocycles. The molecule has 7 heterocycles. The monoisotopic (exact) mass is 793 g/mol. The van der Waals surface area contributed by atoms with E-state index in [1.165, 1.54) is 19.1 Å². The number of carbonyl (C=O) groups excluding carboxylic acids is 6. The lowest BCUT2D eigenvalue weighted by Crippen LogP contribution is -2.54. The van der Waals surface area contributed by atoms with Crippen molar-refractivity contribution in [1.82, 2.24) is 39.6 Å². The Balaban J connectivity index is 0.993. The zero-order chi connectivity index (χ0) is 40.6. The maximum atomic E-state index is 14.7. The summed E-state index contributed by atoms with van der Waals surface area (Å²) in [6, 6.07) is 6.68. The first-order valence-corrected chi connectivity index (χ1v) is 19.6. The lowest BCUT2D eigenvalue weighted by atomic mass is 9.92. The second-order valence-electron chi connectivity index (χ2n) is 15.6. The fraction of sp³-hybridized carbons (Fsp3) is 0.415. The molecule has 4 aromatic rings. The van der Waals surface area contributed by atoms with Gasteiger partial charge in [-0.3, -0.25) is 48.3 Å². The Bertz CT molecular complexity index is 2430. The van der Waals surface area contributed by atoms with Crippen LogP contribution in [0.25, 0.3) is 11.1 Å². The highest BCUT2D eigenvalue weighted by atomic mass is 19.3. The molecule has 0 radical (unpaired) electrons. The third kappa shape index (κ3) is 6.14. The van der Waals surface area contributed by atoms with Crippen LogP contribution in [-0.4, -0.2) is 102 Å². The van der Waals surface area contributed by atoms with E-state index in [-0.39, 0.29) is 47.0 Å². The molecule has 15 nitrogen and oxygen atoms in total. The lowest BCUT2D eigenvalue weighted by Gasteiger charge is -2.34. The molecule has 0 saturated carbocycles. The van der Waals surface area contributed by atoms with Gasteiger partial charge in [-0.2, -0.15) is 10.2 Å². The molecule has 0 spiro atoms. The molecule has 5 aliphatic rings. The molecule has 17 heteroatoms. The lowest BCUT2D eigenvalue weighted by molar-refractivity contribution is -0.136. The summed E-state index contributed by atoms with van der Waals surface area (Å²) in [4.78, 5) is 84.5. The van der Waals surface area contributed by atoms with Crippen molar-refractivity contribution in [2.75, 3.05) is 31.1 Å². The first kappa shape index (κ1) is 37.3. The molecule has 2 aromatic carbocycles. The Hall–Kier alpha value is -6.26. The van der Waals surface area contributed by atoms with Crippen LogP contribution in [0.1, 0.15) is 105 Å². The van der Waals surface area contributed by atoms with E-state index in [1.54, 1.807) is 46.1 Å². The van der Waals surface area contributed by atoms with Gasteiger partial charge in [-0.05, 0) is 67.5 Å². The van der Waals surface area contributed by atoms with Crippen LogP contribution in [0.4, 0.5) is 20.3 Å². The van der Waals surface area contributed by atoms with Crippen LogP contribution in [0.2, 0.25) is 0 Å². The molecule has 58 heavy (non-hydrogen) atoms. The van der Waals surface area contributed by atoms with Crippen LogP contribution in [0.5, 0.6) is 0 Å². The summed E-state index contributed by atoms with van der Waals surface area (Å²) in [5.74, 6) is -2.46. The highest BCUT2D eigenvalue weighted by Gasteiger charge is 2.47. The number of hydrogen-bond acceptors (Lipinski definition) is 9. The van der Waals surface area contributed by atoms with E-state index < -0.39 is 42.0 Å². The van der Waals surface area contributed by atoms with Crippen molar-refractivity contribution < 1.29 is 37.5 Å². The summed E-state index contributed by atoms with van der Waals surface area (Å²) >= 11 is 0. The summed E-state index contributed by atoms with van der Waals surface area (Å²) in [6.07, 6.45) is 3.67. The Morgan fingerprint density at radius 1 is 0.914 bits per heavy atom. The number of nitrogens with one attached hydrogen (secondary N) is 1. The minimum absolute atomic E-state index is 0.00662. The number of fused-ring (bicyclic) bond motifs is 3. The minimum Gasteiger partial charge on any atom is -0.338 e. The van der Waals surface area contributed by atoms with E-state index in [2.05, 4.69) is 10.4 Å². The number of aryl methyl sites for hydroxylation is 2. The maximum absolute atomic E-state index is 14.7. The largest absolute Gasteiger partial charge is 0.338 e. The molecule has 6 amide bonds. The number of alkyl halides is 2. The Morgan fingerprint density at radius 2 is 1.71 bits per heavy atom. The fourth-order valence-corrected chi connectivity index (χ4v) is 9.25. The Labute approximate surface area is 331 Å². The van der Waals surface area contributed by atoms with Crippen LogP contribution in [0, 0.1) is 0 Å². The normalized spacial score (nSPS) is 19.8. The van der Waals surface area contributed by atoms with Crippen molar-refractivity contribution in [3.8, 4) is 11.1 Å². The topological polar surface area (TPSA) is 163 Å². The van der Waals surface area contributed by atoms with Crippen molar-refractivity contribution in [3.63, 3.8) is 0 Å². The van der Waals surface area contributed by atoms with Gasteiger partial charge in [-0.25, -0.2) is 8.78 Å². The van der Waals surface area contributed by atoms with Crippen LogP contribution in [-0.2, 0) is 40.8 Å². The molecule has 0 bridgehead atoms. The predicted molar refractivity (Wildman–Crippen MR) is 203 cm³/mol. The van der Waals surface area contributed by atoms with E-state index in [0.29, 0.717) is 81.0 Å². The number of anilines is 2. The molecule has 0 aliphatic carbocycles. The molecule has 1 atom stereocenters. The van der Waals surface area contributed by atoms with Crippen molar-refractivity contribution in [3.05, 3.63) is 81.8 Å². The van der Waals surface area contributed by atoms with Gasteiger partial charge in [0.15, 0.2) is 5.82 Å². The average molecular weight is 794 g/mol. The van der Waals surface area contributed by atoms with Crippen molar-refractivity contribution in [2.24, 2.45) is 7.05 Å². The van der Waals surface area contributed by atoms with Gasteiger partial charge in [0.25, 0.3) is 24.1 Å². The van der Waals surface area contributed by atoms with E-state index >= 15 is 0 Å². The minimum atomic E-state index is -2.73. The van der Waals surface area contributed by atoms with E-state index in [9.17, 15) is 37.5 Å². The first-order valence-electron chi connectivity index (χ1n) is 19.6. The molecule has 9 rings (SSSR count). The first-order chi connectivity index (χ1) is 27.9. The molecule has 300 valence electrons. The van der Waals surface area contributed by atoms with Gasteiger partial charge in [-0.15, -0.1) is 0 Å². The summed E-state index contributed by atoms with van der Waals surface area (Å²) in [7, 11) is 1.75. The van der Waals surface area contributed by atoms with E-state index in [0.717, 1.165) is 28.1 Å². The standard InChI is InChI=1S/C41H41F2N9O6/c1-22(53)49-16-12-31-30(21-49)37(50-13-4-5-23-17-28(24-19-44-47(2)20-24)29(36(42)43)18-33(23)50)46-52(31)25-10-14-48(15-11-25)39(56)26-6-3-7-27-35(26)41(58)51(40(27)57)32-8-9-34(54)45-38(32)55/h3,6-7,17-20,25,32,36H,4-5,8-16,21H2,1-2H3,(H,45,54,55). The second kappa shape index (κ2) is 14.3. The molecule has 2 aromatic heterocycles. The van der Waals surface area contributed by atoms with Crippen molar-refractivity contribution in [1.29, 1.82) is 0 Å². The molecular formula is C41H41F2N9O6. The number of likely N-dealkylation sites (tertiary alicyclic amines) is 1. The molecule has 2 fully saturated rings. The molecular weight excluding hydrogens is 753 g/mol. The van der Waals surface area contributed by atoms with Gasteiger partial charge in [-0.1, -0.05) is 6.07 Å². The van der Waals surface area contributed by atoms with Crippen LogP contribution >= 0.6 is 0 Å². The summed E-state index contributed by atoms with van der Waals surface area (Å²) in [5.41, 5.74) is 4.50. The Morgan fingerprint density at radius 3 is 2.41 bits per heavy atom. The van der Waals surface area contributed by atoms with E-state index in [4.69, 9.17) is 5.10 Å². The molecule has 5 aliphatic heterocycles. The number of nitrogens with zero attached hydrogens (tertiary/aromatic N) is 8. The van der Waals surface area contributed by atoms with Crippen molar-refractivity contribution >= 4 is 46.9 Å². The van der Waals surface area contributed by atoms with Crippen molar-refractivity contribution in [2.45, 2.75) is 76.9 Å². The third-order valence-electron chi connectivity index (χ3n) is 12.2. The average Bonchev–Trinajstić information content (AvgIpc) is 3.90. The smallest absolute Gasteiger partial charge is 0.264 e.